The van der Waals surface area contributed by atoms with Gasteiger partial charge in [-0.05, 0) is 42.5 Å². The van der Waals surface area contributed by atoms with E-state index in [0.29, 0.717) is 11.1 Å². The third-order valence-electron chi connectivity index (χ3n) is 3.69. The van der Waals surface area contributed by atoms with E-state index in [-0.39, 0.29) is 16.5 Å². The normalized spacial score (nSPS) is 12.2. The van der Waals surface area contributed by atoms with Crippen molar-refractivity contribution in [1.82, 2.24) is 4.31 Å². The van der Waals surface area contributed by atoms with Crippen LogP contribution >= 0.6 is 23.2 Å². The second-order valence-corrected chi connectivity index (χ2v) is 8.43. The van der Waals surface area contributed by atoms with Gasteiger partial charge in [-0.15, -0.1) is 0 Å². The maximum atomic E-state index is 13.1. The van der Waals surface area contributed by atoms with Crippen LogP contribution in [0.2, 0.25) is 10.0 Å². The van der Waals surface area contributed by atoms with E-state index in [2.05, 4.69) is 5.32 Å². The van der Waals surface area contributed by atoms with Crippen molar-refractivity contribution in [2.45, 2.75) is 18.0 Å². The molecule has 1 N–H and O–H groups in total. The van der Waals surface area contributed by atoms with Gasteiger partial charge in [0.15, 0.2) is 0 Å². The van der Waals surface area contributed by atoms with Crippen LogP contribution in [0.3, 0.4) is 0 Å². The Balaban J connectivity index is 2.23. The average Bonchev–Trinajstić information content (AvgIpc) is 2.60. The number of hydrogen-bond acceptors (Lipinski definition) is 3. The van der Waals surface area contributed by atoms with Crippen LogP contribution in [0.15, 0.2) is 47.4 Å². The number of alkyl halides is 3. The maximum absolute atomic E-state index is 13.1. The SMILES string of the molecule is CCN(CC(=O)Nc1ccc(Cl)cc1C(F)(F)F)S(=O)(=O)c1ccc(Cl)cc1. The number of carbonyl (C=O) groups excluding carboxylic acids is 1. The lowest BCUT2D eigenvalue weighted by Gasteiger charge is -2.21. The molecule has 0 saturated carbocycles. The topological polar surface area (TPSA) is 66.5 Å². The Bertz CT molecular complexity index is 965. The van der Waals surface area contributed by atoms with Gasteiger partial charge in [0.25, 0.3) is 0 Å². The summed E-state index contributed by atoms with van der Waals surface area (Å²) in [7, 11) is -4.03. The number of nitrogens with one attached hydrogen (secondary N) is 1. The molecular weight excluding hydrogens is 440 g/mol. The third kappa shape index (κ3) is 5.38. The van der Waals surface area contributed by atoms with Gasteiger partial charge in [-0.3, -0.25) is 4.79 Å². The zero-order chi connectivity index (χ0) is 21.1. The molecule has 2 aromatic rings. The number of halogens is 5. The molecule has 0 aliphatic rings. The van der Waals surface area contributed by atoms with Crippen molar-refractivity contribution < 1.29 is 26.4 Å². The minimum atomic E-state index is -4.74. The molecule has 2 rings (SSSR count). The van der Waals surface area contributed by atoms with E-state index in [9.17, 15) is 26.4 Å². The fourth-order valence-corrected chi connectivity index (χ4v) is 4.04. The Morgan fingerprint density at radius 3 is 2.18 bits per heavy atom. The predicted octanol–water partition coefficient (Wildman–Crippen LogP) is 4.66. The van der Waals surface area contributed by atoms with Gasteiger partial charge in [0, 0.05) is 16.6 Å². The van der Waals surface area contributed by atoms with Crippen LogP contribution in [0.25, 0.3) is 0 Å². The van der Waals surface area contributed by atoms with Crippen molar-refractivity contribution >= 4 is 44.8 Å². The third-order valence-corrected chi connectivity index (χ3v) is 6.11. The quantitative estimate of drug-likeness (QED) is 0.689. The molecule has 11 heteroatoms. The second kappa shape index (κ2) is 8.69. The summed E-state index contributed by atoms with van der Waals surface area (Å²) < 4.78 is 65.5. The van der Waals surface area contributed by atoms with E-state index in [4.69, 9.17) is 23.2 Å². The van der Waals surface area contributed by atoms with E-state index in [1.54, 1.807) is 0 Å². The molecule has 0 radical (unpaired) electrons. The minimum Gasteiger partial charge on any atom is -0.324 e. The lowest BCUT2D eigenvalue weighted by Crippen LogP contribution is -2.38. The lowest BCUT2D eigenvalue weighted by molar-refractivity contribution is -0.137. The number of nitrogens with zero attached hydrogens (tertiary/aromatic N) is 1. The van der Waals surface area contributed by atoms with Gasteiger partial charge in [-0.1, -0.05) is 30.1 Å². The van der Waals surface area contributed by atoms with Gasteiger partial charge < -0.3 is 5.32 Å². The molecule has 28 heavy (non-hydrogen) atoms. The molecule has 2 aromatic carbocycles. The van der Waals surface area contributed by atoms with Crippen molar-refractivity contribution in [2.75, 3.05) is 18.4 Å². The van der Waals surface area contributed by atoms with Gasteiger partial charge >= 0.3 is 6.18 Å². The first-order valence-corrected chi connectivity index (χ1v) is 10.1. The molecule has 0 aliphatic heterocycles. The highest BCUT2D eigenvalue weighted by Gasteiger charge is 2.34. The van der Waals surface area contributed by atoms with Crippen molar-refractivity contribution in [1.29, 1.82) is 0 Å². The largest absolute Gasteiger partial charge is 0.418 e. The zero-order valence-corrected chi connectivity index (χ0v) is 16.8. The summed E-state index contributed by atoms with van der Waals surface area (Å²) in [6.45, 7) is 0.774. The van der Waals surface area contributed by atoms with E-state index in [1.807, 2.05) is 0 Å². The summed E-state index contributed by atoms with van der Waals surface area (Å²) in [4.78, 5) is 12.2. The molecule has 152 valence electrons. The first-order chi connectivity index (χ1) is 12.9. The Hall–Kier alpha value is -1.81. The van der Waals surface area contributed by atoms with Crippen LogP contribution in [0, 0.1) is 0 Å². The van der Waals surface area contributed by atoms with Crippen molar-refractivity contribution in [3.05, 3.63) is 58.1 Å². The summed E-state index contributed by atoms with van der Waals surface area (Å²) in [5.74, 6) is -0.924. The number of rotatable bonds is 6. The smallest absolute Gasteiger partial charge is 0.324 e. The van der Waals surface area contributed by atoms with Crippen LogP contribution in [0.4, 0.5) is 18.9 Å². The summed E-state index contributed by atoms with van der Waals surface area (Å²) in [5.41, 5.74) is -1.64. The molecule has 0 heterocycles. The first-order valence-electron chi connectivity index (χ1n) is 7.87. The maximum Gasteiger partial charge on any atom is 0.418 e. The number of hydrogen-bond donors (Lipinski definition) is 1. The second-order valence-electron chi connectivity index (χ2n) is 5.62. The highest BCUT2D eigenvalue weighted by Crippen LogP contribution is 2.36. The van der Waals surface area contributed by atoms with Gasteiger partial charge in [-0.2, -0.15) is 17.5 Å². The number of sulfonamides is 1. The Morgan fingerprint density at radius 2 is 1.64 bits per heavy atom. The Morgan fingerprint density at radius 1 is 1.07 bits per heavy atom. The molecule has 1 amide bonds. The minimum absolute atomic E-state index is 0.0644. The van der Waals surface area contributed by atoms with Crippen molar-refractivity contribution in [2.24, 2.45) is 0 Å². The molecule has 0 bridgehead atoms. The standard InChI is InChI=1S/C17H15Cl2F3N2O3S/c1-2-24(28(26,27)13-6-3-11(18)4-7-13)10-16(25)23-15-8-5-12(19)9-14(15)17(20,21)22/h3-9H,2,10H2,1H3,(H,23,25). The van der Waals surface area contributed by atoms with E-state index in [1.165, 1.54) is 37.3 Å². The molecular formula is C17H15Cl2F3N2O3S. The van der Waals surface area contributed by atoms with E-state index < -0.39 is 39.9 Å². The van der Waals surface area contributed by atoms with Gasteiger partial charge in [-0.25, -0.2) is 8.42 Å². The van der Waals surface area contributed by atoms with Crippen LogP contribution in [-0.4, -0.2) is 31.7 Å². The molecule has 0 unspecified atom stereocenters. The lowest BCUT2D eigenvalue weighted by atomic mass is 10.1. The Kier molecular flexibility index (Phi) is 6.97. The highest BCUT2D eigenvalue weighted by molar-refractivity contribution is 7.89. The number of amides is 1. The summed E-state index contributed by atoms with van der Waals surface area (Å²) in [5, 5.41) is 2.28. The van der Waals surface area contributed by atoms with Gasteiger partial charge in [0.05, 0.1) is 22.7 Å². The predicted molar refractivity (Wildman–Crippen MR) is 101 cm³/mol. The monoisotopic (exact) mass is 454 g/mol. The average molecular weight is 455 g/mol. The highest BCUT2D eigenvalue weighted by atomic mass is 35.5. The number of benzene rings is 2. The first kappa shape index (κ1) is 22.5. The van der Waals surface area contributed by atoms with Gasteiger partial charge in [0.1, 0.15) is 0 Å². The Labute approximate surface area is 170 Å². The molecule has 0 aliphatic carbocycles. The molecule has 0 atom stereocenters. The summed E-state index contributed by atoms with van der Waals surface area (Å²) in [6, 6.07) is 8.19. The van der Waals surface area contributed by atoms with Gasteiger partial charge in [0.2, 0.25) is 15.9 Å². The number of anilines is 1. The van der Waals surface area contributed by atoms with E-state index in [0.717, 1.165) is 10.4 Å². The number of carbonyl (C=O) groups is 1. The zero-order valence-electron chi connectivity index (χ0n) is 14.4. The molecule has 0 fully saturated rings. The van der Waals surface area contributed by atoms with Crippen molar-refractivity contribution in [3.63, 3.8) is 0 Å². The van der Waals surface area contributed by atoms with Crippen LogP contribution in [-0.2, 0) is 21.0 Å². The molecule has 0 aromatic heterocycles. The van der Waals surface area contributed by atoms with Crippen LogP contribution in [0.1, 0.15) is 12.5 Å². The molecule has 5 nitrogen and oxygen atoms in total. The fraction of sp³-hybridized carbons (Fsp3) is 0.235. The molecule has 0 spiro atoms. The fourth-order valence-electron chi connectivity index (χ4n) is 2.33. The number of likely N-dealkylation sites (N-methyl/N-ethyl adjacent to an activating group) is 1. The van der Waals surface area contributed by atoms with Crippen LogP contribution < -0.4 is 5.32 Å². The summed E-state index contributed by atoms with van der Waals surface area (Å²) >= 11 is 11.3. The van der Waals surface area contributed by atoms with Crippen LogP contribution in [0.5, 0.6) is 0 Å². The van der Waals surface area contributed by atoms with Crippen molar-refractivity contribution in [3.8, 4) is 0 Å². The molecule has 0 saturated heterocycles. The summed E-state index contributed by atoms with van der Waals surface area (Å²) in [6.07, 6.45) is -4.74. The van der Waals surface area contributed by atoms with E-state index >= 15 is 0 Å².